The molecule has 1 amide bonds. The van der Waals surface area contributed by atoms with Crippen molar-refractivity contribution < 1.29 is 9.53 Å². The number of fused-ring (bicyclic) bond motifs is 1. The Morgan fingerprint density at radius 1 is 1.17 bits per heavy atom. The lowest BCUT2D eigenvalue weighted by Gasteiger charge is -2.14. The Kier molecular flexibility index (Phi) is 5.11. The Labute approximate surface area is 141 Å². The highest BCUT2D eigenvalue weighted by Gasteiger charge is 2.15. The van der Waals surface area contributed by atoms with Crippen LogP contribution in [0.25, 0.3) is 11.0 Å². The highest BCUT2D eigenvalue weighted by Crippen LogP contribution is 2.21. The summed E-state index contributed by atoms with van der Waals surface area (Å²) in [6.07, 6.45) is 1.57. The van der Waals surface area contributed by atoms with Gasteiger partial charge in [-0.15, -0.1) is 0 Å². The summed E-state index contributed by atoms with van der Waals surface area (Å²) < 4.78 is 7.92. The zero-order chi connectivity index (χ0) is 16.8. The fourth-order valence-electron chi connectivity index (χ4n) is 2.77. The third-order valence-electron chi connectivity index (χ3n) is 3.93. The quantitative estimate of drug-likeness (QED) is 0.511. The number of nitrogens with one attached hydrogen (secondary N) is 1. The topological polar surface area (TPSA) is 56.2 Å². The molecule has 0 saturated heterocycles. The Balaban J connectivity index is 1.72. The largest absolute Gasteiger partial charge is 0.494 e. The van der Waals surface area contributed by atoms with Crippen molar-refractivity contribution in [3.8, 4) is 5.75 Å². The van der Waals surface area contributed by atoms with Crippen LogP contribution in [0.1, 0.15) is 25.2 Å². The molecule has 0 aliphatic carbocycles. The lowest BCUT2D eigenvalue weighted by Crippen LogP contribution is -2.21. The number of amides is 1. The molecule has 5 heteroatoms. The molecule has 0 spiro atoms. The van der Waals surface area contributed by atoms with E-state index in [0.29, 0.717) is 13.0 Å². The third-order valence-corrected chi connectivity index (χ3v) is 3.93. The summed E-state index contributed by atoms with van der Waals surface area (Å²) in [5.74, 6) is 1.74. The van der Waals surface area contributed by atoms with Gasteiger partial charge in [-0.1, -0.05) is 30.3 Å². The predicted molar refractivity (Wildman–Crippen MR) is 93.9 cm³/mol. The van der Waals surface area contributed by atoms with Gasteiger partial charge in [0.25, 0.3) is 0 Å². The van der Waals surface area contributed by atoms with Gasteiger partial charge in [0.05, 0.1) is 23.7 Å². The molecule has 3 rings (SSSR count). The first-order chi connectivity index (χ1) is 11.8. The monoisotopic (exact) mass is 323 g/mol. The third kappa shape index (κ3) is 3.56. The Hall–Kier alpha value is -2.82. The number of carbonyl (C=O) groups is 1. The van der Waals surface area contributed by atoms with Crippen LogP contribution < -0.4 is 10.1 Å². The average Bonchev–Trinajstić information content (AvgIpc) is 2.99. The molecule has 0 saturated carbocycles. The van der Waals surface area contributed by atoms with E-state index >= 15 is 0 Å². The van der Waals surface area contributed by atoms with Crippen LogP contribution in [0.4, 0.5) is 0 Å². The van der Waals surface area contributed by atoms with Crippen LogP contribution in [0.2, 0.25) is 0 Å². The number of aryl methyl sites for hydroxylation is 1. The lowest BCUT2D eigenvalue weighted by molar-refractivity contribution is -0.110. The van der Waals surface area contributed by atoms with Crippen LogP contribution in [-0.2, 0) is 11.3 Å². The van der Waals surface area contributed by atoms with E-state index in [9.17, 15) is 4.79 Å². The summed E-state index contributed by atoms with van der Waals surface area (Å²) in [5, 5.41) is 2.78. The van der Waals surface area contributed by atoms with Crippen molar-refractivity contribution in [2.24, 2.45) is 0 Å². The number of imidazole rings is 1. The van der Waals surface area contributed by atoms with E-state index in [4.69, 9.17) is 4.74 Å². The number of hydrogen-bond acceptors (Lipinski definition) is 3. The molecule has 0 radical (unpaired) electrons. The summed E-state index contributed by atoms with van der Waals surface area (Å²) in [6.45, 7) is 3.35. The van der Waals surface area contributed by atoms with Crippen LogP contribution in [0, 0.1) is 0 Å². The maximum atomic E-state index is 10.8. The van der Waals surface area contributed by atoms with Gasteiger partial charge < -0.3 is 14.6 Å². The van der Waals surface area contributed by atoms with E-state index in [-0.39, 0.29) is 6.04 Å². The fraction of sp³-hybridized carbons (Fsp3) is 0.263. The fourth-order valence-corrected chi connectivity index (χ4v) is 2.77. The Morgan fingerprint density at radius 3 is 2.71 bits per heavy atom. The highest BCUT2D eigenvalue weighted by atomic mass is 16.5. The van der Waals surface area contributed by atoms with Gasteiger partial charge in [0, 0.05) is 6.54 Å². The van der Waals surface area contributed by atoms with Crippen LogP contribution in [0.5, 0.6) is 5.75 Å². The minimum Gasteiger partial charge on any atom is -0.494 e. The molecule has 1 N–H and O–H groups in total. The first-order valence-electron chi connectivity index (χ1n) is 8.12. The summed E-state index contributed by atoms with van der Waals surface area (Å²) in [4.78, 5) is 15.4. The van der Waals surface area contributed by atoms with Gasteiger partial charge in [-0.05, 0) is 37.6 Å². The predicted octanol–water partition coefficient (Wildman–Crippen LogP) is 3.31. The van der Waals surface area contributed by atoms with Gasteiger partial charge in [-0.2, -0.15) is 0 Å². The van der Waals surface area contributed by atoms with Crippen LogP contribution in [0.15, 0.2) is 54.6 Å². The van der Waals surface area contributed by atoms with Crippen molar-refractivity contribution in [1.82, 2.24) is 14.9 Å². The van der Waals surface area contributed by atoms with Gasteiger partial charge in [0.2, 0.25) is 6.41 Å². The summed E-state index contributed by atoms with van der Waals surface area (Å²) >= 11 is 0. The summed E-state index contributed by atoms with van der Waals surface area (Å²) in [7, 11) is 0. The van der Waals surface area contributed by atoms with E-state index in [1.165, 1.54) is 0 Å². The lowest BCUT2D eigenvalue weighted by atomic mass is 10.3. The molecule has 124 valence electrons. The average molecular weight is 323 g/mol. The number of benzene rings is 2. The van der Waals surface area contributed by atoms with Crippen molar-refractivity contribution >= 4 is 17.4 Å². The van der Waals surface area contributed by atoms with E-state index in [1.807, 2.05) is 55.5 Å². The molecule has 5 nitrogen and oxygen atoms in total. The molecule has 0 aliphatic rings. The maximum Gasteiger partial charge on any atom is 0.207 e. The Bertz CT molecular complexity index is 799. The minimum absolute atomic E-state index is 0.134. The van der Waals surface area contributed by atoms with E-state index in [1.54, 1.807) is 0 Å². The van der Waals surface area contributed by atoms with Crippen molar-refractivity contribution in [3.63, 3.8) is 0 Å². The number of hydrogen-bond donors (Lipinski definition) is 1. The number of carbonyl (C=O) groups excluding carboxylic acids is 1. The first-order valence-corrected chi connectivity index (χ1v) is 8.12. The highest BCUT2D eigenvalue weighted by molar-refractivity contribution is 5.76. The van der Waals surface area contributed by atoms with Crippen molar-refractivity contribution in [2.75, 3.05) is 6.61 Å². The van der Waals surface area contributed by atoms with Crippen molar-refractivity contribution in [3.05, 3.63) is 60.4 Å². The summed E-state index contributed by atoms with van der Waals surface area (Å²) in [6, 6.07) is 17.7. The zero-order valence-corrected chi connectivity index (χ0v) is 13.7. The van der Waals surface area contributed by atoms with E-state index in [0.717, 1.165) is 35.6 Å². The molecule has 0 aliphatic heterocycles. The Morgan fingerprint density at radius 2 is 1.92 bits per heavy atom. The molecular formula is C19H21N3O2. The zero-order valence-electron chi connectivity index (χ0n) is 13.7. The maximum absolute atomic E-state index is 10.8. The molecule has 24 heavy (non-hydrogen) atoms. The normalized spacial score (nSPS) is 12.0. The van der Waals surface area contributed by atoms with Crippen molar-refractivity contribution in [2.45, 2.75) is 25.9 Å². The molecule has 1 aromatic heterocycles. The number of para-hydroxylation sites is 3. The molecule has 1 heterocycles. The van der Waals surface area contributed by atoms with Crippen LogP contribution in [-0.4, -0.2) is 22.6 Å². The molecule has 0 fully saturated rings. The smallest absolute Gasteiger partial charge is 0.207 e. The van der Waals surface area contributed by atoms with Gasteiger partial charge in [0.1, 0.15) is 11.6 Å². The second-order valence-electron chi connectivity index (χ2n) is 5.63. The van der Waals surface area contributed by atoms with E-state index < -0.39 is 0 Å². The van der Waals surface area contributed by atoms with Gasteiger partial charge in [-0.3, -0.25) is 4.79 Å². The molecule has 3 aromatic rings. The molecule has 0 bridgehead atoms. The second-order valence-corrected chi connectivity index (χ2v) is 5.63. The number of rotatable bonds is 8. The van der Waals surface area contributed by atoms with Gasteiger partial charge >= 0.3 is 0 Å². The SMILES string of the molecule is C[C@@H](NC=O)c1nc2ccccc2n1CCCOc1ccccc1. The number of aromatic nitrogens is 2. The van der Waals surface area contributed by atoms with Crippen molar-refractivity contribution in [1.29, 1.82) is 0 Å². The summed E-state index contributed by atoms with van der Waals surface area (Å²) in [5.41, 5.74) is 2.02. The van der Waals surface area contributed by atoms with Crippen LogP contribution in [0.3, 0.4) is 0 Å². The molecule has 2 aromatic carbocycles. The minimum atomic E-state index is -0.134. The second kappa shape index (κ2) is 7.64. The molecular weight excluding hydrogens is 302 g/mol. The van der Waals surface area contributed by atoms with E-state index in [2.05, 4.69) is 20.9 Å². The molecule has 1 atom stereocenters. The first kappa shape index (κ1) is 16.1. The van der Waals surface area contributed by atoms with Crippen LogP contribution >= 0.6 is 0 Å². The van der Waals surface area contributed by atoms with Gasteiger partial charge in [0.15, 0.2) is 0 Å². The van der Waals surface area contributed by atoms with Gasteiger partial charge in [-0.25, -0.2) is 4.98 Å². The number of ether oxygens (including phenoxy) is 1. The number of nitrogens with zero attached hydrogens (tertiary/aromatic N) is 2. The molecule has 0 unspecified atom stereocenters. The standard InChI is InChI=1S/C19H21N3O2/c1-15(20-14-23)19-21-17-10-5-6-11-18(17)22(19)12-7-13-24-16-8-3-2-4-9-16/h2-6,8-11,14-15H,7,12-13H2,1H3,(H,20,23)/t15-/m1/s1.